The van der Waals surface area contributed by atoms with E-state index in [0.717, 1.165) is 11.5 Å². The van der Waals surface area contributed by atoms with Crippen LogP contribution in [0.25, 0.3) is 0 Å². The Bertz CT molecular complexity index is 431. The van der Waals surface area contributed by atoms with Gasteiger partial charge in [0.25, 0.3) is 0 Å². The van der Waals surface area contributed by atoms with Crippen LogP contribution in [0.1, 0.15) is 26.1 Å². The zero-order chi connectivity index (χ0) is 14.6. The first-order chi connectivity index (χ1) is 8.70. The van der Waals surface area contributed by atoms with Crippen molar-refractivity contribution in [2.24, 2.45) is 11.7 Å². The van der Waals surface area contributed by atoms with Crippen molar-refractivity contribution < 1.29 is 13.2 Å². The van der Waals surface area contributed by atoms with E-state index < -0.39 is 12.0 Å². The summed E-state index contributed by atoms with van der Waals surface area (Å²) in [7, 11) is 0. The van der Waals surface area contributed by atoms with Gasteiger partial charge in [-0.05, 0) is 5.92 Å². The molecule has 0 aliphatic heterocycles. The van der Waals surface area contributed by atoms with Crippen molar-refractivity contribution in [3.05, 3.63) is 5.82 Å². The lowest BCUT2D eigenvalue weighted by Gasteiger charge is -2.23. The average Bonchev–Trinajstić information content (AvgIpc) is 2.71. The van der Waals surface area contributed by atoms with Crippen molar-refractivity contribution in [3.8, 4) is 0 Å². The normalized spacial score (nSPS) is 11.9. The van der Waals surface area contributed by atoms with Crippen molar-refractivity contribution in [2.75, 3.05) is 18.0 Å². The summed E-state index contributed by atoms with van der Waals surface area (Å²) < 4.78 is 40.7. The molecule has 0 radical (unpaired) electrons. The Balaban J connectivity index is 2.84. The molecule has 0 saturated carbocycles. The molecular formula is C10H15F3N4S2. The minimum atomic E-state index is -4.51. The van der Waals surface area contributed by atoms with E-state index in [2.05, 4.69) is 9.36 Å². The summed E-state index contributed by atoms with van der Waals surface area (Å²) in [6.45, 7) is 4.97. The molecule has 0 unspecified atom stereocenters. The van der Waals surface area contributed by atoms with E-state index in [9.17, 15) is 13.2 Å². The number of halogens is 3. The minimum absolute atomic E-state index is 0.247. The molecular weight excluding hydrogens is 297 g/mol. The molecule has 0 fully saturated rings. The monoisotopic (exact) mass is 312 g/mol. The van der Waals surface area contributed by atoms with Gasteiger partial charge in [0.2, 0.25) is 11.0 Å². The Labute approximate surface area is 119 Å². The molecule has 9 heteroatoms. The van der Waals surface area contributed by atoms with Gasteiger partial charge in [-0.2, -0.15) is 22.5 Å². The number of nitrogens with zero attached hydrogens (tertiary/aromatic N) is 3. The Morgan fingerprint density at radius 1 is 1.47 bits per heavy atom. The fourth-order valence-corrected chi connectivity index (χ4v) is 2.22. The summed E-state index contributed by atoms with van der Waals surface area (Å²) >= 11 is 5.52. The van der Waals surface area contributed by atoms with Crippen LogP contribution in [0.4, 0.5) is 18.3 Å². The fourth-order valence-electron chi connectivity index (χ4n) is 1.41. The molecule has 1 aromatic rings. The third kappa shape index (κ3) is 5.27. The molecule has 0 amide bonds. The van der Waals surface area contributed by atoms with Crippen molar-refractivity contribution in [1.29, 1.82) is 0 Å². The van der Waals surface area contributed by atoms with Gasteiger partial charge >= 0.3 is 6.18 Å². The minimum Gasteiger partial charge on any atom is -0.393 e. The molecule has 108 valence electrons. The Kier molecular flexibility index (Phi) is 5.48. The first kappa shape index (κ1) is 16.1. The second-order valence-electron chi connectivity index (χ2n) is 4.45. The number of thiocarbonyl (C=S) groups is 1. The predicted octanol–water partition coefficient (Wildman–Crippen LogP) is 2.70. The first-order valence-corrected chi connectivity index (χ1v) is 6.82. The topological polar surface area (TPSA) is 55.0 Å². The zero-order valence-corrected chi connectivity index (χ0v) is 12.2. The quantitative estimate of drug-likeness (QED) is 0.819. The molecule has 0 atom stereocenters. The van der Waals surface area contributed by atoms with E-state index in [4.69, 9.17) is 18.0 Å². The Morgan fingerprint density at radius 2 is 2.11 bits per heavy atom. The predicted molar refractivity (Wildman–Crippen MR) is 73.4 cm³/mol. The molecule has 0 spiro atoms. The van der Waals surface area contributed by atoms with Gasteiger partial charge in [0.15, 0.2) is 0 Å². The van der Waals surface area contributed by atoms with Crippen molar-refractivity contribution in [3.63, 3.8) is 0 Å². The number of nitrogens with two attached hydrogens (primary N) is 1. The largest absolute Gasteiger partial charge is 0.452 e. The highest BCUT2D eigenvalue weighted by molar-refractivity contribution is 7.80. The maximum atomic E-state index is 12.5. The highest BCUT2D eigenvalue weighted by atomic mass is 32.1. The third-order valence-electron chi connectivity index (χ3n) is 2.15. The van der Waals surface area contributed by atoms with Crippen LogP contribution in [0.3, 0.4) is 0 Å². The molecule has 1 aromatic heterocycles. The van der Waals surface area contributed by atoms with E-state index in [0.29, 0.717) is 24.5 Å². The second kappa shape index (κ2) is 6.47. The number of alkyl halides is 3. The summed E-state index contributed by atoms with van der Waals surface area (Å²) in [5, 5.41) is 0.247. The lowest BCUT2D eigenvalue weighted by atomic mass is 10.2. The third-order valence-corrected chi connectivity index (χ3v) is 3.13. The van der Waals surface area contributed by atoms with Crippen molar-refractivity contribution in [2.45, 2.75) is 26.4 Å². The Hall–Kier alpha value is -0.960. The summed E-state index contributed by atoms with van der Waals surface area (Å²) in [6, 6.07) is 0. The van der Waals surface area contributed by atoms with Crippen molar-refractivity contribution >= 4 is 33.9 Å². The van der Waals surface area contributed by atoms with E-state index in [1.54, 1.807) is 4.90 Å². The fraction of sp³-hybridized carbons (Fsp3) is 0.700. The van der Waals surface area contributed by atoms with Crippen LogP contribution in [-0.2, 0) is 6.18 Å². The molecule has 1 heterocycles. The maximum Gasteiger partial charge on any atom is 0.452 e. The van der Waals surface area contributed by atoms with Gasteiger partial charge in [0.1, 0.15) is 0 Å². The number of hydrogen-bond donors (Lipinski definition) is 1. The Morgan fingerprint density at radius 3 is 2.53 bits per heavy atom. The lowest BCUT2D eigenvalue weighted by Crippen LogP contribution is -2.31. The lowest BCUT2D eigenvalue weighted by molar-refractivity contribution is -0.144. The number of rotatable bonds is 6. The average molecular weight is 312 g/mol. The summed E-state index contributed by atoms with van der Waals surface area (Å²) in [5.74, 6) is -0.818. The van der Waals surface area contributed by atoms with E-state index >= 15 is 0 Å². The molecule has 0 bridgehead atoms. The van der Waals surface area contributed by atoms with Crippen LogP contribution in [0.5, 0.6) is 0 Å². The first-order valence-electron chi connectivity index (χ1n) is 5.64. The standard InChI is InChI=1S/C10H15F3N4S2/c1-6(2)5-17(4-3-7(14)18)9-15-8(16-19-9)10(11,12)13/h6H,3-5H2,1-2H3,(H2,14,18). The van der Waals surface area contributed by atoms with Crippen LogP contribution in [0.2, 0.25) is 0 Å². The van der Waals surface area contributed by atoms with Gasteiger partial charge in [-0.3, -0.25) is 0 Å². The highest BCUT2D eigenvalue weighted by Gasteiger charge is 2.36. The SMILES string of the molecule is CC(C)CN(CCC(N)=S)c1nc(C(F)(F)F)ns1. The van der Waals surface area contributed by atoms with Crippen molar-refractivity contribution in [1.82, 2.24) is 9.36 Å². The molecule has 0 saturated heterocycles. The molecule has 0 aliphatic rings. The molecule has 2 N–H and O–H groups in total. The van der Waals surface area contributed by atoms with Crippen LogP contribution < -0.4 is 10.6 Å². The van der Waals surface area contributed by atoms with Gasteiger partial charge in [-0.1, -0.05) is 26.1 Å². The maximum absolute atomic E-state index is 12.5. The van der Waals surface area contributed by atoms with Crippen LogP contribution in [-0.4, -0.2) is 27.4 Å². The smallest absolute Gasteiger partial charge is 0.393 e. The summed E-state index contributed by atoms with van der Waals surface area (Å²) in [4.78, 5) is 5.60. The van der Waals surface area contributed by atoms with E-state index in [-0.39, 0.29) is 11.0 Å². The van der Waals surface area contributed by atoms with Crippen LogP contribution in [0, 0.1) is 5.92 Å². The van der Waals surface area contributed by atoms with Gasteiger partial charge in [0, 0.05) is 31.0 Å². The van der Waals surface area contributed by atoms with Gasteiger partial charge < -0.3 is 10.6 Å². The molecule has 1 rings (SSSR count). The molecule has 0 aliphatic carbocycles. The van der Waals surface area contributed by atoms with Gasteiger partial charge in [0.05, 0.1) is 4.99 Å². The summed E-state index contributed by atoms with van der Waals surface area (Å²) in [5.41, 5.74) is 5.42. The highest BCUT2D eigenvalue weighted by Crippen LogP contribution is 2.30. The number of anilines is 1. The second-order valence-corrected chi connectivity index (χ2v) is 5.71. The van der Waals surface area contributed by atoms with E-state index in [1.165, 1.54) is 0 Å². The zero-order valence-electron chi connectivity index (χ0n) is 10.6. The summed E-state index contributed by atoms with van der Waals surface area (Å²) in [6.07, 6.45) is -4.08. The van der Waals surface area contributed by atoms with Gasteiger partial charge in [-0.25, -0.2) is 0 Å². The number of hydrogen-bond acceptors (Lipinski definition) is 5. The van der Waals surface area contributed by atoms with E-state index in [1.807, 2.05) is 13.8 Å². The number of aromatic nitrogens is 2. The van der Waals surface area contributed by atoms with Crippen LogP contribution >= 0.6 is 23.8 Å². The molecule has 0 aromatic carbocycles. The molecule has 19 heavy (non-hydrogen) atoms. The van der Waals surface area contributed by atoms with Gasteiger partial charge in [-0.15, -0.1) is 0 Å². The molecule has 4 nitrogen and oxygen atoms in total. The van der Waals surface area contributed by atoms with Crippen LogP contribution in [0.15, 0.2) is 0 Å².